The lowest BCUT2D eigenvalue weighted by molar-refractivity contribution is -0.116. The molecular weight excluding hydrogens is 623 g/mol. The van der Waals surface area contributed by atoms with Gasteiger partial charge in [-0.1, -0.05) is 23.2 Å². The molecule has 4 N–H and O–H groups in total. The lowest BCUT2D eigenvalue weighted by Crippen LogP contribution is -2.48. The second-order valence-corrected chi connectivity index (χ2v) is 12.8. The number of hydrogen-bond acceptors (Lipinski definition) is 9. The van der Waals surface area contributed by atoms with E-state index in [4.69, 9.17) is 28.9 Å². The molecule has 1 aliphatic rings. The van der Waals surface area contributed by atoms with Crippen LogP contribution in [0.15, 0.2) is 41.7 Å². The molecule has 2 amide bonds. The Hall–Kier alpha value is -4.18. The summed E-state index contributed by atoms with van der Waals surface area (Å²) < 4.78 is 27.8. The maximum absolute atomic E-state index is 13.2. The van der Waals surface area contributed by atoms with E-state index in [2.05, 4.69) is 15.3 Å². The van der Waals surface area contributed by atoms with Crippen LogP contribution in [0.1, 0.15) is 10.4 Å². The summed E-state index contributed by atoms with van der Waals surface area (Å²) in [5.41, 5.74) is 5.86. The van der Waals surface area contributed by atoms with Crippen molar-refractivity contribution in [3.05, 3.63) is 62.9 Å². The summed E-state index contributed by atoms with van der Waals surface area (Å²) in [6.45, 7) is 1.15. The molecule has 226 valence electrons. The summed E-state index contributed by atoms with van der Waals surface area (Å²) in [7, 11) is -1.78. The Bertz CT molecular complexity index is 1950. The first-order valence-corrected chi connectivity index (χ1v) is 15.4. The lowest BCUT2D eigenvalue weighted by Gasteiger charge is -2.34. The van der Waals surface area contributed by atoms with Gasteiger partial charge < -0.3 is 30.2 Å². The van der Waals surface area contributed by atoms with Gasteiger partial charge in [-0.3, -0.25) is 14.4 Å². The van der Waals surface area contributed by atoms with Crippen molar-refractivity contribution in [2.75, 3.05) is 42.7 Å². The van der Waals surface area contributed by atoms with Crippen molar-refractivity contribution in [3.63, 3.8) is 0 Å². The normalized spacial score (nSPS) is 14.3. The number of fused-ring (bicyclic) bond motifs is 1. The lowest BCUT2D eigenvalue weighted by atomic mass is 10.0. The molecule has 4 heterocycles. The van der Waals surface area contributed by atoms with E-state index in [0.29, 0.717) is 48.8 Å². The maximum atomic E-state index is 13.2. The summed E-state index contributed by atoms with van der Waals surface area (Å²) in [6, 6.07) is 4.29. The average molecular weight is 650 g/mol. The number of aromatic hydroxyl groups is 1. The molecule has 1 aliphatic heterocycles. The van der Waals surface area contributed by atoms with Crippen LogP contribution < -0.4 is 21.5 Å². The molecule has 0 aliphatic carbocycles. The van der Waals surface area contributed by atoms with Gasteiger partial charge in [0.25, 0.3) is 11.5 Å². The Morgan fingerprint density at radius 1 is 1.09 bits per heavy atom. The highest BCUT2D eigenvalue weighted by molar-refractivity contribution is 7.88. The number of anilines is 2. The van der Waals surface area contributed by atoms with Gasteiger partial charge >= 0.3 is 0 Å². The van der Waals surface area contributed by atoms with Crippen LogP contribution in [0.3, 0.4) is 0 Å². The molecule has 4 aromatic rings. The van der Waals surface area contributed by atoms with Crippen LogP contribution in [0.2, 0.25) is 10.0 Å². The molecule has 0 spiro atoms. The molecule has 0 bridgehead atoms. The van der Waals surface area contributed by atoms with Crippen molar-refractivity contribution in [1.29, 1.82) is 0 Å². The van der Waals surface area contributed by atoms with E-state index >= 15 is 0 Å². The van der Waals surface area contributed by atoms with Crippen molar-refractivity contribution in [2.24, 2.45) is 12.8 Å². The number of sulfonamides is 1. The molecule has 0 atom stereocenters. The number of benzene rings is 1. The van der Waals surface area contributed by atoms with E-state index in [1.807, 2.05) is 4.90 Å². The number of pyridine rings is 1. The topological polar surface area (TPSA) is 186 Å². The molecule has 1 fully saturated rings. The summed E-state index contributed by atoms with van der Waals surface area (Å²) in [5, 5.41) is 13.1. The van der Waals surface area contributed by atoms with Gasteiger partial charge in [0.1, 0.15) is 23.8 Å². The van der Waals surface area contributed by atoms with Crippen LogP contribution in [0.5, 0.6) is 5.75 Å². The first-order chi connectivity index (χ1) is 20.2. The number of aromatic nitrogens is 4. The highest BCUT2D eigenvalue weighted by atomic mass is 35.5. The number of hydrogen-bond donors (Lipinski definition) is 3. The number of aryl methyl sites for hydroxylation is 1. The average Bonchev–Trinajstić information content (AvgIpc) is 3.31. The van der Waals surface area contributed by atoms with Gasteiger partial charge in [0, 0.05) is 51.1 Å². The van der Waals surface area contributed by atoms with Crippen LogP contribution in [0, 0.1) is 0 Å². The van der Waals surface area contributed by atoms with Gasteiger partial charge in [-0.15, -0.1) is 0 Å². The molecule has 3 aromatic heterocycles. The maximum Gasteiger partial charge on any atom is 0.263 e. The fraction of sp³-hybridized carbons (Fsp3) is 0.269. The van der Waals surface area contributed by atoms with Gasteiger partial charge in [-0.25, -0.2) is 18.4 Å². The van der Waals surface area contributed by atoms with E-state index in [9.17, 15) is 27.9 Å². The van der Waals surface area contributed by atoms with E-state index in [1.54, 1.807) is 6.07 Å². The van der Waals surface area contributed by atoms with Gasteiger partial charge in [0.2, 0.25) is 15.9 Å². The first kappa shape index (κ1) is 30.3. The number of phenols is 1. The number of carbonyl (C=O) groups excluding carboxylic acids is 2. The van der Waals surface area contributed by atoms with Crippen LogP contribution in [0.4, 0.5) is 11.5 Å². The smallest absolute Gasteiger partial charge is 0.263 e. The summed E-state index contributed by atoms with van der Waals surface area (Å²) in [4.78, 5) is 48.9. The molecule has 0 radical (unpaired) electrons. The molecule has 5 rings (SSSR count). The number of carbonyl (C=O) groups is 2. The standard InChI is InChI=1S/C26H26Cl2N8O6S/c1-33-13-31-25-22(26(33)40)16(14-7-15(24(29)39)23(38)17(27)8-14)11-35(25)12-21(37)32-19-9-20(30-10-18(19)28)34-3-5-36(6-4-34)43(2,41)42/h7-11,13,38H,3-6,12H2,1-2H3,(H2,29,39)(H,30,32,37). The molecular formula is C26H26Cl2N8O6S. The molecule has 0 unspecified atom stereocenters. The number of piperazine rings is 1. The Morgan fingerprint density at radius 3 is 2.44 bits per heavy atom. The van der Waals surface area contributed by atoms with Crippen LogP contribution in [-0.4, -0.2) is 81.2 Å². The minimum absolute atomic E-state index is 0.147. The second kappa shape index (κ2) is 11.5. The summed E-state index contributed by atoms with van der Waals surface area (Å²) in [5.74, 6) is -1.38. The summed E-state index contributed by atoms with van der Waals surface area (Å²) >= 11 is 12.5. The van der Waals surface area contributed by atoms with Crippen LogP contribution >= 0.6 is 23.2 Å². The van der Waals surface area contributed by atoms with Gasteiger partial charge in [-0.2, -0.15) is 4.31 Å². The molecule has 17 heteroatoms. The number of nitrogens with zero attached hydrogens (tertiary/aromatic N) is 6. The third-order valence-corrected chi connectivity index (χ3v) is 8.93. The fourth-order valence-electron chi connectivity index (χ4n) is 4.84. The number of nitrogens with one attached hydrogen (secondary N) is 1. The van der Waals surface area contributed by atoms with Crippen LogP contribution in [-0.2, 0) is 28.4 Å². The largest absolute Gasteiger partial charge is 0.506 e. The van der Waals surface area contributed by atoms with Crippen molar-refractivity contribution in [2.45, 2.75) is 6.54 Å². The number of rotatable bonds is 7. The Balaban J connectivity index is 1.44. The van der Waals surface area contributed by atoms with Crippen molar-refractivity contribution >= 4 is 67.6 Å². The van der Waals surface area contributed by atoms with Gasteiger partial charge in [0.15, 0.2) is 0 Å². The predicted molar refractivity (Wildman–Crippen MR) is 162 cm³/mol. The monoisotopic (exact) mass is 648 g/mol. The minimum Gasteiger partial charge on any atom is -0.506 e. The zero-order chi connectivity index (χ0) is 31.2. The Labute approximate surface area is 255 Å². The Morgan fingerprint density at radius 2 is 1.79 bits per heavy atom. The second-order valence-electron chi connectivity index (χ2n) is 9.97. The van der Waals surface area contributed by atoms with Gasteiger partial charge in [0.05, 0.1) is 45.5 Å². The molecule has 14 nitrogen and oxygen atoms in total. The predicted octanol–water partition coefficient (Wildman–Crippen LogP) is 1.63. The number of nitrogens with two attached hydrogens (primary N) is 1. The Kier molecular flexibility index (Phi) is 8.09. The SMILES string of the molecule is Cn1cnc2c(c(-c3cc(Cl)c(O)c(C(N)=O)c3)cn2CC(=O)Nc2cc(N3CCN(S(C)(=O)=O)CC3)ncc2Cl)c1=O. The molecule has 1 aromatic carbocycles. The zero-order valence-corrected chi connectivity index (χ0v) is 25.2. The number of halogens is 2. The van der Waals surface area contributed by atoms with Crippen molar-refractivity contribution in [1.82, 2.24) is 23.4 Å². The van der Waals surface area contributed by atoms with Gasteiger partial charge in [-0.05, 0) is 17.7 Å². The molecule has 1 saturated heterocycles. The van der Waals surface area contributed by atoms with E-state index in [-0.39, 0.29) is 33.2 Å². The third kappa shape index (κ3) is 6.01. The fourth-order valence-corrected chi connectivity index (χ4v) is 6.03. The van der Waals surface area contributed by atoms with E-state index in [1.165, 1.54) is 57.6 Å². The van der Waals surface area contributed by atoms with Crippen molar-refractivity contribution < 1.29 is 23.1 Å². The van der Waals surface area contributed by atoms with E-state index < -0.39 is 33.1 Å². The zero-order valence-electron chi connectivity index (χ0n) is 22.9. The number of amides is 2. The minimum atomic E-state index is -3.30. The first-order valence-electron chi connectivity index (χ1n) is 12.8. The highest BCUT2D eigenvalue weighted by Crippen LogP contribution is 2.36. The quantitative estimate of drug-likeness (QED) is 0.268. The molecule has 43 heavy (non-hydrogen) atoms. The third-order valence-electron chi connectivity index (χ3n) is 7.04. The summed E-state index contributed by atoms with van der Waals surface area (Å²) in [6.07, 6.45) is 5.40. The van der Waals surface area contributed by atoms with E-state index in [0.717, 1.165) is 0 Å². The van der Waals surface area contributed by atoms with Crippen molar-refractivity contribution in [3.8, 4) is 16.9 Å². The number of primary amides is 1. The molecule has 0 saturated carbocycles. The van der Waals surface area contributed by atoms with Crippen LogP contribution in [0.25, 0.3) is 22.2 Å². The highest BCUT2D eigenvalue weighted by Gasteiger charge is 2.25.